The zero-order chi connectivity index (χ0) is 16.3. The Labute approximate surface area is 131 Å². The molecule has 7 heteroatoms. The number of carbonyl (C=O) groups is 3. The van der Waals surface area contributed by atoms with Crippen LogP contribution in [-0.4, -0.2) is 53.3 Å². The van der Waals surface area contributed by atoms with Crippen molar-refractivity contribution >= 4 is 17.7 Å². The maximum absolute atomic E-state index is 12.6. The average molecular weight is 310 g/mol. The van der Waals surface area contributed by atoms with E-state index >= 15 is 0 Å². The first kappa shape index (κ1) is 16.7. The van der Waals surface area contributed by atoms with Crippen LogP contribution in [0.3, 0.4) is 0 Å². The van der Waals surface area contributed by atoms with Crippen LogP contribution < -0.4 is 16.4 Å². The number of amides is 3. The summed E-state index contributed by atoms with van der Waals surface area (Å²) in [6, 6.07) is -0.758. The predicted molar refractivity (Wildman–Crippen MR) is 81.8 cm³/mol. The first-order chi connectivity index (χ1) is 10.5. The van der Waals surface area contributed by atoms with Crippen molar-refractivity contribution in [1.82, 2.24) is 15.5 Å². The minimum atomic E-state index is -0.942. The molecule has 0 aromatic heterocycles. The minimum Gasteiger partial charge on any atom is -0.368 e. The van der Waals surface area contributed by atoms with Gasteiger partial charge in [-0.2, -0.15) is 0 Å². The summed E-state index contributed by atoms with van der Waals surface area (Å²) in [6.45, 7) is 5.00. The van der Waals surface area contributed by atoms with E-state index in [1.165, 1.54) is 0 Å². The molecule has 2 atom stereocenters. The lowest BCUT2D eigenvalue weighted by atomic mass is 9.90. The van der Waals surface area contributed by atoms with Gasteiger partial charge >= 0.3 is 0 Å². The first-order valence-corrected chi connectivity index (χ1v) is 8.11. The minimum absolute atomic E-state index is 0.129. The number of carbonyl (C=O) groups excluding carboxylic acids is 3. The largest absolute Gasteiger partial charge is 0.368 e. The average Bonchev–Trinajstić information content (AvgIpc) is 3.13. The van der Waals surface area contributed by atoms with Crippen LogP contribution in [0.2, 0.25) is 0 Å². The lowest BCUT2D eigenvalue weighted by Gasteiger charge is -2.38. The van der Waals surface area contributed by atoms with Crippen LogP contribution in [0.1, 0.15) is 46.0 Å². The molecule has 0 bridgehead atoms. The molecule has 2 heterocycles. The zero-order valence-electron chi connectivity index (χ0n) is 13.4. The molecule has 7 nitrogen and oxygen atoms in total. The van der Waals surface area contributed by atoms with Crippen molar-refractivity contribution in [3.63, 3.8) is 0 Å². The molecule has 0 spiro atoms. The summed E-state index contributed by atoms with van der Waals surface area (Å²) in [7, 11) is 0. The number of likely N-dealkylation sites (tertiary alicyclic amines) is 1. The Hall–Kier alpha value is -1.63. The summed E-state index contributed by atoms with van der Waals surface area (Å²) in [5.74, 6) is -0.806. The second-order valence-electron chi connectivity index (χ2n) is 6.09. The highest BCUT2D eigenvalue weighted by molar-refractivity contribution is 5.95. The third-order valence-electron chi connectivity index (χ3n) is 5.04. The van der Waals surface area contributed by atoms with Crippen molar-refractivity contribution in [3.8, 4) is 0 Å². The van der Waals surface area contributed by atoms with Gasteiger partial charge in [0.05, 0.1) is 6.04 Å². The normalized spacial score (nSPS) is 25.5. The highest BCUT2D eigenvalue weighted by atomic mass is 16.2. The SMILES string of the molecule is CCC(CC)(C(N)=O)N1CC[C@@H](NC(=O)[C@@H]2CCCN2)C1=O. The Morgan fingerprint density at radius 2 is 2.05 bits per heavy atom. The first-order valence-electron chi connectivity index (χ1n) is 8.11. The summed E-state index contributed by atoms with van der Waals surface area (Å²) in [5.41, 5.74) is 4.61. The number of hydrogen-bond donors (Lipinski definition) is 3. The third kappa shape index (κ3) is 2.82. The molecule has 2 aliphatic heterocycles. The molecule has 0 aromatic rings. The fourth-order valence-corrected chi connectivity index (χ4v) is 3.53. The van der Waals surface area contributed by atoms with Crippen LogP contribution in [0.4, 0.5) is 0 Å². The van der Waals surface area contributed by atoms with E-state index in [0.29, 0.717) is 25.8 Å². The molecule has 22 heavy (non-hydrogen) atoms. The molecule has 4 N–H and O–H groups in total. The molecule has 0 aromatic carbocycles. The van der Waals surface area contributed by atoms with Crippen molar-refractivity contribution in [2.75, 3.05) is 13.1 Å². The maximum atomic E-state index is 12.6. The molecule has 2 saturated heterocycles. The molecule has 2 rings (SSSR count). The van der Waals surface area contributed by atoms with E-state index < -0.39 is 17.5 Å². The number of primary amides is 1. The highest BCUT2D eigenvalue weighted by Gasteiger charge is 2.47. The number of nitrogens with zero attached hydrogens (tertiary/aromatic N) is 1. The topological polar surface area (TPSA) is 105 Å². The summed E-state index contributed by atoms with van der Waals surface area (Å²) < 4.78 is 0. The number of nitrogens with one attached hydrogen (secondary N) is 2. The summed E-state index contributed by atoms with van der Waals surface area (Å²) >= 11 is 0. The van der Waals surface area contributed by atoms with Gasteiger partial charge in [-0.3, -0.25) is 14.4 Å². The quantitative estimate of drug-likeness (QED) is 0.615. The van der Waals surface area contributed by atoms with Crippen LogP contribution in [0.15, 0.2) is 0 Å². The Morgan fingerprint density at radius 1 is 1.36 bits per heavy atom. The van der Waals surface area contributed by atoms with Crippen molar-refractivity contribution < 1.29 is 14.4 Å². The monoisotopic (exact) mass is 310 g/mol. The molecule has 2 fully saturated rings. The fourth-order valence-electron chi connectivity index (χ4n) is 3.53. The van der Waals surface area contributed by atoms with Gasteiger partial charge in [0.25, 0.3) is 0 Å². The van der Waals surface area contributed by atoms with Gasteiger partial charge in [0.1, 0.15) is 11.6 Å². The number of hydrogen-bond acceptors (Lipinski definition) is 4. The molecule has 124 valence electrons. The van der Waals surface area contributed by atoms with Crippen molar-refractivity contribution in [1.29, 1.82) is 0 Å². The predicted octanol–water partition coefficient (Wildman–Crippen LogP) is -0.500. The second kappa shape index (κ2) is 6.64. The molecule has 3 amide bonds. The van der Waals surface area contributed by atoms with Gasteiger partial charge in [0.2, 0.25) is 17.7 Å². The van der Waals surface area contributed by atoms with Gasteiger partial charge in [-0.25, -0.2) is 0 Å². The standard InChI is InChI=1S/C15H26N4O3/c1-3-15(4-2,14(16)22)19-9-7-11(13(19)21)18-12(20)10-6-5-8-17-10/h10-11,17H,3-9H2,1-2H3,(H2,16,22)(H,18,20)/t10-,11+/m0/s1. The van der Waals surface area contributed by atoms with Crippen LogP contribution in [0, 0.1) is 0 Å². The van der Waals surface area contributed by atoms with Crippen LogP contribution in [-0.2, 0) is 14.4 Å². The number of rotatable bonds is 6. The van der Waals surface area contributed by atoms with E-state index in [1.807, 2.05) is 13.8 Å². The Balaban J connectivity index is 2.05. The second-order valence-corrected chi connectivity index (χ2v) is 6.09. The van der Waals surface area contributed by atoms with Gasteiger partial charge in [-0.1, -0.05) is 13.8 Å². The van der Waals surface area contributed by atoms with E-state index in [2.05, 4.69) is 10.6 Å². The summed E-state index contributed by atoms with van der Waals surface area (Å²) in [4.78, 5) is 38.2. The molecule has 0 saturated carbocycles. The smallest absolute Gasteiger partial charge is 0.246 e. The fraction of sp³-hybridized carbons (Fsp3) is 0.800. The molecular formula is C15H26N4O3. The van der Waals surface area contributed by atoms with Crippen LogP contribution >= 0.6 is 0 Å². The van der Waals surface area contributed by atoms with Gasteiger partial charge in [0.15, 0.2) is 0 Å². The highest BCUT2D eigenvalue weighted by Crippen LogP contribution is 2.29. The van der Waals surface area contributed by atoms with Crippen molar-refractivity contribution in [3.05, 3.63) is 0 Å². The van der Waals surface area contributed by atoms with Gasteiger partial charge in [-0.15, -0.1) is 0 Å². The van der Waals surface area contributed by atoms with E-state index in [4.69, 9.17) is 5.73 Å². The van der Waals surface area contributed by atoms with Crippen LogP contribution in [0.25, 0.3) is 0 Å². The Bertz CT molecular complexity index is 456. The van der Waals surface area contributed by atoms with Gasteiger partial charge in [-0.05, 0) is 38.6 Å². The molecule has 0 radical (unpaired) electrons. The lowest BCUT2D eigenvalue weighted by molar-refractivity contribution is -0.145. The lowest BCUT2D eigenvalue weighted by Crippen LogP contribution is -2.59. The zero-order valence-corrected chi connectivity index (χ0v) is 13.4. The molecule has 0 aliphatic carbocycles. The van der Waals surface area contributed by atoms with E-state index in [0.717, 1.165) is 19.4 Å². The van der Waals surface area contributed by atoms with Gasteiger partial charge in [0, 0.05) is 6.54 Å². The number of nitrogens with two attached hydrogens (primary N) is 1. The van der Waals surface area contributed by atoms with E-state index in [-0.39, 0.29) is 17.9 Å². The van der Waals surface area contributed by atoms with Gasteiger partial charge < -0.3 is 21.3 Å². The molecule has 0 unspecified atom stereocenters. The third-order valence-corrected chi connectivity index (χ3v) is 5.04. The van der Waals surface area contributed by atoms with Crippen LogP contribution in [0.5, 0.6) is 0 Å². The van der Waals surface area contributed by atoms with E-state index in [1.54, 1.807) is 4.90 Å². The van der Waals surface area contributed by atoms with Crippen molar-refractivity contribution in [2.45, 2.75) is 63.6 Å². The molecular weight excluding hydrogens is 284 g/mol. The summed E-state index contributed by atoms with van der Waals surface area (Å²) in [6.07, 6.45) is 3.25. The summed E-state index contributed by atoms with van der Waals surface area (Å²) in [5, 5.41) is 5.93. The Morgan fingerprint density at radius 3 is 2.55 bits per heavy atom. The molecule has 2 aliphatic rings. The Kier molecular flexibility index (Phi) is 5.05. The maximum Gasteiger partial charge on any atom is 0.246 e. The van der Waals surface area contributed by atoms with Crippen molar-refractivity contribution in [2.24, 2.45) is 5.73 Å². The van der Waals surface area contributed by atoms with E-state index in [9.17, 15) is 14.4 Å².